The fourth-order valence-corrected chi connectivity index (χ4v) is 3.28. The SMILES string of the molecule is Nc1ccc(N(CC2CC2)CC2CC2)c2ncc(Br)cc12. The number of rotatable bonds is 5. The number of benzene rings is 1. The molecule has 0 radical (unpaired) electrons. The number of nitrogens with zero attached hydrogens (tertiary/aromatic N) is 2. The lowest BCUT2D eigenvalue weighted by Crippen LogP contribution is -2.28. The monoisotopic (exact) mass is 345 g/mol. The van der Waals surface area contributed by atoms with Crippen molar-refractivity contribution in [2.24, 2.45) is 11.8 Å². The van der Waals surface area contributed by atoms with Crippen LogP contribution in [0.4, 0.5) is 11.4 Å². The van der Waals surface area contributed by atoms with E-state index in [1.807, 2.05) is 12.3 Å². The molecule has 3 nitrogen and oxygen atoms in total. The van der Waals surface area contributed by atoms with Crippen LogP contribution in [0.3, 0.4) is 0 Å². The Labute approximate surface area is 133 Å². The van der Waals surface area contributed by atoms with Crippen LogP contribution in [-0.4, -0.2) is 18.1 Å². The summed E-state index contributed by atoms with van der Waals surface area (Å²) in [6.07, 6.45) is 7.40. The van der Waals surface area contributed by atoms with Crippen molar-refractivity contribution in [3.05, 3.63) is 28.9 Å². The lowest BCUT2D eigenvalue weighted by molar-refractivity contribution is 0.681. The molecular weight excluding hydrogens is 326 g/mol. The highest BCUT2D eigenvalue weighted by atomic mass is 79.9. The van der Waals surface area contributed by atoms with Crippen LogP contribution in [0.5, 0.6) is 0 Å². The van der Waals surface area contributed by atoms with Crippen LogP contribution in [0, 0.1) is 11.8 Å². The second kappa shape index (κ2) is 5.16. The van der Waals surface area contributed by atoms with E-state index in [1.54, 1.807) is 0 Å². The minimum absolute atomic E-state index is 0.806. The summed E-state index contributed by atoms with van der Waals surface area (Å²) in [5.74, 6) is 1.76. The summed E-state index contributed by atoms with van der Waals surface area (Å²) in [5, 5.41) is 1.05. The molecule has 1 aromatic heterocycles. The number of aromatic nitrogens is 1. The number of anilines is 2. The minimum atomic E-state index is 0.806. The third kappa shape index (κ3) is 2.86. The van der Waals surface area contributed by atoms with Gasteiger partial charge < -0.3 is 10.6 Å². The number of halogens is 1. The van der Waals surface area contributed by atoms with E-state index in [1.165, 1.54) is 44.5 Å². The maximum Gasteiger partial charge on any atom is 0.0956 e. The first-order chi connectivity index (χ1) is 10.2. The van der Waals surface area contributed by atoms with Gasteiger partial charge in [-0.05, 0) is 71.6 Å². The Bertz CT molecular complexity index is 663. The summed E-state index contributed by atoms with van der Waals surface area (Å²) in [6, 6.07) is 6.26. The Morgan fingerprint density at radius 2 is 1.81 bits per heavy atom. The summed E-state index contributed by atoms with van der Waals surface area (Å²) in [4.78, 5) is 7.20. The predicted octanol–water partition coefficient (Wildman–Crippen LogP) is 4.21. The van der Waals surface area contributed by atoms with E-state index >= 15 is 0 Å². The van der Waals surface area contributed by atoms with E-state index in [0.29, 0.717) is 0 Å². The molecule has 2 aromatic rings. The molecule has 110 valence electrons. The van der Waals surface area contributed by atoms with Gasteiger partial charge in [0.05, 0.1) is 11.2 Å². The zero-order valence-corrected chi connectivity index (χ0v) is 13.6. The molecule has 2 N–H and O–H groups in total. The first-order valence-electron chi connectivity index (χ1n) is 7.79. The minimum Gasteiger partial charge on any atom is -0.398 e. The number of hydrogen-bond donors (Lipinski definition) is 1. The van der Waals surface area contributed by atoms with Crippen LogP contribution < -0.4 is 10.6 Å². The van der Waals surface area contributed by atoms with Crippen molar-refractivity contribution in [1.29, 1.82) is 0 Å². The highest BCUT2D eigenvalue weighted by Gasteiger charge is 2.30. The van der Waals surface area contributed by atoms with Crippen LogP contribution in [0.1, 0.15) is 25.7 Å². The molecule has 2 fully saturated rings. The topological polar surface area (TPSA) is 42.1 Å². The summed E-state index contributed by atoms with van der Waals surface area (Å²) >= 11 is 3.50. The second-order valence-electron chi connectivity index (χ2n) is 6.52. The van der Waals surface area contributed by atoms with Crippen molar-refractivity contribution >= 4 is 38.2 Å². The van der Waals surface area contributed by atoms with Gasteiger partial charge in [0.25, 0.3) is 0 Å². The van der Waals surface area contributed by atoms with E-state index in [2.05, 4.69) is 37.9 Å². The zero-order valence-electron chi connectivity index (χ0n) is 12.1. The Balaban J connectivity index is 1.76. The second-order valence-corrected chi connectivity index (χ2v) is 7.43. The van der Waals surface area contributed by atoms with Crippen LogP contribution in [0.25, 0.3) is 10.9 Å². The molecule has 0 saturated heterocycles. The molecule has 2 saturated carbocycles. The summed E-state index contributed by atoms with van der Waals surface area (Å²) < 4.78 is 0.981. The Hall–Kier alpha value is -1.29. The highest BCUT2D eigenvalue weighted by molar-refractivity contribution is 9.10. The van der Waals surface area contributed by atoms with Crippen LogP contribution >= 0.6 is 15.9 Å². The number of nitrogen functional groups attached to an aromatic ring is 1. The number of fused-ring (bicyclic) bond motifs is 1. The van der Waals surface area contributed by atoms with Crippen LogP contribution in [0.15, 0.2) is 28.9 Å². The van der Waals surface area contributed by atoms with Gasteiger partial charge in [-0.1, -0.05) is 0 Å². The van der Waals surface area contributed by atoms with Gasteiger partial charge >= 0.3 is 0 Å². The molecule has 2 aliphatic carbocycles. The standard InChI is InChI=1S/C17H20BrN3/c18-13-7-14-15(19)5-6-16(17(14)20-8-13)21(9-11-1-2-11)10-12-3-4-12/h5-8,11-12H,1-4,9-10,19H2. The van der Waals surface area contributed by atoms with E-state index in [9.17, 15) is 0 Å². The molecule has 0 aliphatic heterocycles. The van der Waals surface area contributed by atoms with Gasteiger partial charge in [0.1, 0.15) is 0 Å². The highest BCUT2D eigenvalue weighted by Crippen LogP contribution is 2.38. The third-order valence-electron chi connectivity index (χ3n) is 4.52. The quantitative estimate of drug-likeness (QED) is 0.825. The molecular formula is C17H20BrN3. The average molecular weight is 346 g/mol. The van der Waals surface area contributed by atoms with Gasteiger partial charge in [0.15, 0.2) is 0 Å². The molecule has 0 bridgehead atoms. The lowest BCUT2D eigenvalue weighted by Gasteiger charge is -2.26. The van der Waals surface area contributed by atoms with Crippen molar-refractivity contribution < 1.29 is 0 Å². The normalized spacial score (nSPS) is 18.1. The molecule has 4 heteroatoms. The third-order valence-corrected chi connectivity index (χ3v) is 4.95. The molecule has 0 unspecified atom stereocenters. The van der Waals surface area contributed by atoms with Gasteiger partial charge in [-0.25, -0.2) is 0 Å². The number of nitrogens with two attached hydrogens (primary N) is 1. The molecule has 21 heavy (non-hydrogen) atoms. The van der Waals surface area contributed by atoms with E-state index in [4.69, 9.17) is 5.73 Å². The van der Waals surface area contributed by atoms with Crippen molar-refractivity contribution in [2.75, 3.05) is 23.7 Å². The largest absolute Gasteiger partial charge is 0.398 e. The van der Waals surface area contributed by atoms with E-state index in [-0.39, 0.29) is 0 Å². The maximum atomic E-state index is 6.14. The first kappa shape index (κ1) is 13.4. The van der Waals surface area contributed by atoms with Crippen molar-refractivity contribution in [1.82, 2.24) is 4.98 Å². The number of pyridine rings is 1. The van der Waals surface area contributed by atoms with Gasteiger partial charge in [0, 0.05) is 34.8 Å². The Morgan fingerprint density at radius 1 is 1.14 bits per heavy atom. The molecule has 0 spiro atoms. The van der Waals surface area contributed by atoms with Crippen LogP contribution in [0.2, 0.25) is 0 Å². The molecule has 0 atom stereocenters. The van der Waals surface area contributed by atoms with Crippen molar-refractivity contribution in [3.63, 3.8) is 0 Å². The average Bonchev–Trinajstić information content (AvgIpc) is 3.35. The summed E-state index contributed by atoms with van der Waals surface area (Å²) in [5.41, 5.74) is 9.24. The summed E-state index contributed by atoms with van der Waals surface area (Å²) in [7, 11) is 0. The first-order valence-corrected chi connectivity index (χ1v) is 8.58. The molecule has 4 rings (SSSR count). The zero-order chi connectivity index (χ0) is 14.4. The molecule has 2 aliphatic rings. The Kier molecular flexibility index (Phi) is 3.29. The summed E-state index contributed by atoms with van der Waals surface area (Å²) in [6.45, 7) is 2.35. The van der Waals surface area contributed by atoms with Crippen molar-refractivity contribution in [3.8, 4) is 0 Å². The van der Waals surface area contributed by atoms with Gasteiger partial charge in [-0.3, -0.25) is 4.98 Å². The van der Waals surface area contributed by atoms with Gasteiger partial charge in [-0.15, -0.1) is 0 Å². The fourth-order valence-electron chi connectivity index (χ4n) is 2.95. The van der Waals surface area contributed by atoms with Crippen molar-refractivity contribution in [2.45, 2.75) is 25.7 Å². The molecule has 1 aromatic carbocycles. The van der Waals surface area contributed by atoms with Crippen LogP contribution in [-0.2, 0) is 0 Å². The molecule has 0 amide bonds. The molecule has 1 heterocycles. The fraction of sp³-hybridized carbons (Fsp3) is 0.471. The Morgan fingerprint density at radius 3 is 2.43 bits per heavy atom. The maximum absolute atomic E-state index is 6.14. The smallest absolute Gasteiger partial charge is 0.0956 e. The lowest BCUT2D eigenvalue weighted by atomic mass is 10.1. The predicted molar refractivity (Wildman–Crippen MR) is 91.5 cm³/mol. The van der Waals surface area contributed by atoms with Gasteiger partial charge in [0.2, 0.25) is 0 Å². The van der Waals surface area contributed by atoms with Gasteiger partial charge in [-0.2, -0.15) is 0 Å². The van der Waals surface area contributed by atoms with E-state index < -0.39 is 0 Å². The van der Waals surface area contributed by atoms with E-state index in [0.717, 1.165) is 32.9 Å². The number of hydrogen-bond acceptors (Lipinski definition) is 3.